The van der Waals surface area contributed by atoms with E-state index < -0.39 is 12.1 Å². The van der Waals surface area contributed by atoms with Crippen LogP contribution in [0.4, 0.5) is 0 Å². The van der Waals surface area contributed by atoms with E-state index in [-0.39, 0.29) is 59.5 Å². The summed E-state index contributed by atoms with van der Waals surface area (Å²) < 4.78 is 83.1. The zero-order valence-electron chi connectivity index (χ0n) is 36.5. The minimum atomic E-state index is -0.437. The lowest BCUT2D eigenvalue weighted by Gasteiger charge is -2.13. The topological polar surface area (TPSA) is 38.7 Å². The first-order valence-corrected chi connectivity index (χ1v) is 16.0. The Morgan fingerprint density at radius 1 is 0.320 bits per heavy atom. The van der Waals surface area contributed by atoms with Crippen molar-refractivity contribution in [2.75, 3.05) is 0 Å². The van der Waals surface area contributed by atoms with Gasteiger partial charge in [0.25, 0.3) is 0 Å². The van der Waals surface area contributed by atoms with Crippen molar-refractivity contribution in [2.45, 2.75) is 0 Å². The lowest BCUT2D eigenvalue weighted by atomic mass is 9.91. The molecule has 3 heteroatoms. The fraction of sp³-hybridized carbons (Fsp3) is 0. The molecule has 50 heavy (non-hydrogen) atoms. The molecule has 3 nitrogen and oxygen atoms in total. The number of hydrogen-bond donors (Lipinski definition) is 0. The van der Waals surface area contributed by atoms with Crippen molar-refractivity contribution in [2.24, 2.45) is 0 Å². The number of aromatic nitrogens is 3. The van der Waals surface area contributed by atoms with Gasteiger partial charge in [0.2, 0.25) is 0 Å². The Hall–Kier alpha value is -6.71. The average Bonchev–Trinajstić information content (AvgIpc) is 3.29. The maximum Gasteiger partial charge on any atom is 0.164 e. The Morgan fingerprint density at radius 2 is 0.800 bits per heavy atom. The molecule has 8 aromatic carbocycles. The van der Waals surface area contributed by atoms with Crippen LogP contribution in [0, 0.1) is 0 Å². The summed E-state index contributed by atoms with van der Waals surface area (Å²) in [5.74, 6) is 1.36. The molecule has 0 bridgehead atoms. The van der Waals surface area contributed by atoms with E-state index in [2.05, 4.69) is 0 Å². The summed E-state index contributed by atoms with van der Waals surface area (Å²) >= 11 is 0. The minimum Gasteiger partial charge on any atom is -0.208 e. The van der Waals surface area contributed by atoms with Crippen molar-refractivity contribution < 1.29 is 13.7 Å². The molecule has 0 aliphatic rings. The highest BCUT2D eigenvalue weighted by Crippen LogP contribution is 2.37. The molecule has 0 N–H and O–H groups in total. The number of benzene rings is 8. The molecule has 0 aliphatic carbocycles. The summed E-state index contributed by atoms with van der Waals surface area (Å²) in [7, 11) is 0. The predicted octanol–water partition coefficient (Wildman–Crippen LogP) is 12.2. The largest absolute Gasteiger partial charge is 0.208 e. The molecule has 0 spiro atoms. The van der Waals surface area contributed by atoms with Gasteiger partial charge in [-0.1, -0.05) is 170 Å². The molecular formula is C47H31N3. The smallest absolute Gasteiger partial charge is 0.164 e. The fourth-order valence-corrected chi connectivity index (χ4v) is 6.26. The second kappa shape index (κ2) is 12.7. The zero-order valence-corrected chi connectivity index (χ0v) is 26.5. The quantitative estimate of drug-likeness (QED) is 0.180. The van der Waals surface area contributed by atoms with Crippen LogP contribution in [0.1, 0.15) is 13.7 Å². The highest BCUT2D eigenvalue weighted by Gasteiger charge is 2.15. The van der Waals surface area contributed by atoms with Crippen LogP contribution in [0.15, 0.2) is 188 Å². The van der Waals surface area contributed by atoms with Gasteiger partial charge < -0.3 is 0 Å². The lowest BCUT2D eigenvalue weighted by molar-refractivity contribution is 1.07. The maximum atomic E-state index is 8.64. The SMILES string of the molecule is [2H]c1c([2H])c([2H])c(-c2ccc3cc(-c4nc(-c5ccccc5)nc(-c5cccc(-c6ccc(-c7c([2H])c([2H])c([2H])c([2H])c7[2H])c7ccccc67)c5)n4)ccc3c2)c([2H])c1[2H]. The second-order valence-electron chi connectivity index (χ2n) is 11.7. The Morgan fingerprint density at radius 3 is 1.46 bits per heavy atom. The summed E-state index contributed by atoms with van der Waals surface area (Å²) in [6, 6.07) is 36.5. The van der Waals surface area contributed by atoms with Crippen molar-refractivity contribution in [3.8, 4) is 67.5 Å². The van der Waals surface area contributed by atoms with Crippen LogP contribution in [-0.4, -0.2) is 15.0 Å². The van der Waals surface area contributed by atoms with Crippen LogP contribution >= 0.6 is 0 Å². The first-order valence-electron chi connectivity index (χ1n) is 21.0. The summed E-state index contributed by atoms with van der Waals surface area (Å²) in [6.45, 7) is 0. The molecule has 0 atom stereocenters. The highest BCUT2D eigenvalue weighted by molar-refractivity contribution is 6.05. The van der Waals surface area contributed by atoms with Gasteiger partial charge in [-0.3, -0.25) is 0 Å². The first kappa shape index (κ1) is 20.6. The third-order valence-electron chi connectivity index (χ3n) is 8.68. The normalized spacial score (nSPS) is 14.0. The maximum absolute atomic E-state index is 8.64. The van der Waals surface area contributed by atoms with Gasteiger partial charge in [0.05, 0.1) is 13.7 Å². The van der Waals surface area contributed by atoms with Gasteiger partial charge in [-0.2, -0.15) is 0 Å². The number of rotatable bonds is 6. The molecule has 0 saturated carbocycles. The molecule has 0 radical (unpaired) electrons. The van der Waals surface area contributed by atoms with Crippen molar-refractivity contribution >= 4 is 21.5 Å². The van der Waals surface area contributed by atoms with E-state index >= 15 is 0 Å². The average molecular weight is 648 g/mol. The lowest BCUT2D eigenvalue weighted by Crippen LogP contribution is -2.00. The molecule has 1 heterocycles. The van der Waals surface area contributed by atoms with Gasteiger partial charge >= 0.3 is 0 Å². The van der Waals surface area contributed by atoms with Crippen LogP contribution in [0.2, 0.25) is 0 Å². The Bertz CT molecular complexity index is 3170. The fourth-order valence-electron chi connectivity index (χ4n) is 6.26. The third kappa shape index (κ3) is 5.61. The Balaban J connectivity index is 1.15. The molecule has 9 rings (SSSR count). The van der Waals surface area contributed by atoms with Gasteiger partial charge in [-0.15, -0.1) is 0 Å². The second-order valence-corrected chi connectivity index (χ2v) is 11.7. The Kier molecular flexibility index (Phi) is 5.24. The van der Waals surface area contributed by atoms with Gasteiger partial charge in [0, 0.05) is 16.7 Å². The van der Waals surface area contributed by atoms with Crippen LogP contribution in [-0.2, 0) is 0 Å². The van der Waals surface area contributed by atoms with Crippen molar-refractivity contribution in [1.82, 2.24) is 15.0 Å². The zero-order chi connectivity index (χ0) is 42.0. The van der Waals surface area contributed by atoms with Crippen LogP contribution in [0.5, 0.6) is 0 Å². The van der Waals surface area contributed by atoms with E-state index in [9.17, 15) is 0 Å². The van der Waals surface area contributed by atoms with Crippen LogP contribution in [0.25, 0.3) is 89.1 Å². The third-order valence-corrected chi connectivity index (χ3v) is 8.68. The Labute approximate surface area is 305 Å². The molecule has 0 saturated heterocycles. The van der Waals surface area contributed by atoms with Gasteiger partial charge in [0.15, 0.2) is 17.5 Å². The first-order chi connectivity index (χ1) is 28.9. The van der Waals surface area contributed by atoms with Gasteiger partial charge in [-0.05, 0) is 73.1 Å². The molecule has 0 amide bonds. The van der Waals surface area contributed by atoms with E-state index in [0.717, 1.165) is 49.4 Å². The van der Waals surface area contributed by atoms with Crippen molar-refractivity contribution in [3.05, 3.63) is 188 Å². The number of hydrogen-bond acceptors (Lipinski definition) is 3. The monoisotopic (exact) mass is 647 g/mol. The molecular weight excluding hydrogens is 607 g/mol. The summed E-state index contributed by atoms with van der Waals surface area (Å²) in [6.07, 6.45) is 0. The van der Waals surface area contributed by atoms with Gasteiger partial charge in [-0.25, -0.2) is 15.0 Å². The minimum absolute atomic E-state index is 0.141. The van der Waals surface area contributed by atoms with E-state index in [1.165, 1.54) is 0 Å². The highest BCUT2D eigenvalue weighted by atomic mass is 15.0. The van der Waals surface area contributed by atoms with E-state index in [1.54, 1.807) is 12.1 Å². The van der Waals surface area contributed by atoms with Crippen molar-refractivity contribution in [1.29, 1.82) is 0 Å². The molecule has 0 unspecified atom stereocenters. The summed E-state index contributed by atoms with van der Waals surface area (Å²) in [5, 5.41) is 3.22. The number of fused-ring (bicyclic) bond motifs is 2. The van der Waals surface area contributed by atoms with E-state index in [4.69, 9.17) is 28.7 Å². The standard InChI is InChI=1S/C47H31N3/c1-4-13-32(14-5-1)35-23-24-37-30-40(26-25-36(37)29-35)47-49-45(34-17-8-3-9-18-34)48-46(50-47)39-20-12-19-38(31-39)42-28-27-41(33-15-6-2-7-16-33)43-21-10-11-22-44(42)43/h1-31H/i1D,2D,4D,5D,6D,7D,13D,14D,15D,16D. The summed E-state index contributed by atoms with van der Waals surface area (Å²) in [4.78, 5) is 14.8. The predicted molar refractivity (Wildman–Crippen MR) is 207 cm³/mol. The van der Waals surface area contributed by atoms with E-state index in [0.29, 0.717) is 28.6 Å². The summed E-state index contributed by atoms with van der Waals surface area (Å²) in [5.41, 5.74) is 5.33. The van der Waals surface area contributed by atoms with Gasteiger partial charge in [0.1, 0.15) is 0 Å². The van der Waals surface area contributed by atoms with Crippen LogP contribution in [0.3, 0.4) is 0 Å². The molecule has 0 aliphatic heterocycles. The molecule has 0 fully saturated rings. The molecule has 1 aromatic heterocycles. The molecule has 234 valence electrons. The molecule has 9 aromatic rings. The number of nitrogens with zero attached hydrogens (tertiary/aromatic N) is 3. The van der Waals surface area contributed by atoms with Crippen molar-refractivity contribution in [3.63, 3.8) is 0 Å². The van der Waals surface area contributed by atoms with Crippen LogP contribution < -0.4 is 0 Å². The van der Waals surface area contributed by atoms with E-state index in [1.807, 2.05) is 115 Å².